The van der Waals surface area contributed by atoms with Crippen molar-refractivity contribution in [2.45, 2.75) is 63.3 Å². The van der Waals surface area contributed by atoms with Gasteiger partial charge in [-0.25, -0.2) is 4.98 Å². The van der Waals surface area contributed by atoms with Crippen molar-refractivity contribution in [3.8, 4) is 0 Å². The second-order valence-electron chi connectivity index (χ2n) is 13.5. The van der Waals surface area contributed by atoms with Crippen LogP contribution in [0.5, 0.6) is 0 Å². The van der Waals surface area contributed by atoms with Gasteiger partial charge in [-0.3, -0.25) is 14.6 Å². The molecule has 8 nitrogen and oxygen atoms in total. The van der Waals surface area contributed by atoms with Crippen LogP contribution in [0.3, 0.4) is 0 Å². The number of nitrogens with one attached hydrogen (secondary N) is 2. The molecular formula is C36H38N6O2. The summed E-state index contributed by atoms with van der Waals surface area (Å²) in [5, 5.41) is 7.23. The first kappa shape index (κ1) is 27.3. The van der Waals surface area contributed by atoms with Crippen LogP contribution in [-0.2, 0) is 39.8 Å². The Morgan fingerprint density at radius 3 is 2.68 bits per heavy atom. The summed E-state index contributed by atoms with van der Waals surface area (Å²) in [5.74, 6) is 0.688. The van der Waals surface area contributed by atoms with Crippen molar-refractivity contribution in [3.63, 3.8) is 0 Å². The molecule has 224 valence electrons. The van der Waals surface area contributed by atoms with Gasteiger partial charge in [-0.1, -0.05) is 25.1 Å². The number of carbonyl (C=O) groups is 2. The minimum atomic E-state index is -0.587. The van der Waals surface area contributed by atoms with Gasteiger partial charge in [0.25, 0.3) is 0 Å². The maximum Gasteiger partial charge on any atom is 0.237 e. The van der Waals surface area contributed by atoms with E-state index in [0.717, 1.165) is 47.4 Å². The van der Waals surface area contributed by atoms with Crippen LogP contribution in [0.1, 0.15) is 61.1 Å². The van der Waals surface area contributed by atoms with Crippen LogP contribution < -0.4 is 15.5 Å². The monoisotopic (exact) mass is 586 g/mol. The van der Waals surface area contributed by atoms with Gasteiger partial charge in [-0.2, -0.15) is 0 Å². The molecule has 8 rings (SSSR count). The number of rotatable bonds is 6. The summed E-state index contributed by atoms with van der Waals surface area (Å²) < 4.78 is 0. The van der Waals surface area contributed by atoms with Crippen LogP contribution in [0.15, 0.2) is 60.8 Å². The zero-order valence-corrected chi connectivity index (χ0v) is 25.4. The van der Waals surface area contributed by atoms with E-state index in [0.29, 0.717) is 25.2 Å². The molecule has 1 spiro atoms. The average Bonchev–Trinajstić information content (AvgIpc) is 3.77. The number of aromatic nitrogens is 2. The van der Waals surface area contributed by atoms with Crippen molar-refractivity contribution in [2.75, 3.05) is 41.7 Å². The molecule has 1 saturated heterocycles. The lowest BCUT2D eigenvalue weighted by molar-refractivity contribution is -0.120. The molecule has 2 amide bonds. The van der Waals surface area contributed by atoms with E-state index in [4.69, 9.17) is 4.98 Å². The normalized spacial score (nSPS) is 23.7. The molecule has 3 aliphatic heterocycles. The van der Waals surface area contributed by atoms with Gasteiger partial charge in [-0.05, 0) is 99.3 Å². The molecule has 2 N–H and O–H groups in total. The molecule has 1 aliphatic carbocycles. The molecule has 0 saturated carbocycles. The van der Waals surface area contributed by atoms with Gasteiger partial charge in [0.2, 0.25) is 11.8 Å². The maximum atomic E-state index is 13.2. The second-order valence-corrected chi connectivity index (χ2v) is 13.5. The first-order chi connectivity index (χ1) is 21.3. The van der Waals surface area contributed by atoms with Crippen molar-refractivity contribution in [1.29, 1.82) is 0 Å². The van der Waals surface area contributed by atoms with Crippen molar-refractivity contribution < 1.29 is 9.59 Å². The van der Waals surface area contributed by atoms with E-state index in [1.54, 1.807) is 13.1 Å². The molecule has 0 radical (unpaired) electrons. The van der Waals surface area contributed by atoms with Crippen molar-refractivity contribution in [1.82, 2.24) is 14.9 Å². The highest BCUT2D eigenvalue weighted by molar-refractivity contribution is 6.06. The number of nitrogens with zero attached hydrogens (tertiary/aromatic N) is 4. The summed E-state index contributed by atoms with van der Waals surface area (Å²) in [6, 6.07) is 18.9. The molecule has 2 aromatic carbocycles. The number of amides is 2. The second kappa shape index (κ2) is 10.1. The lowest BCUT2D eigenvalue weighted by Gasteiger charge is -2.29. The van der Waals surface area contributed by atoms with E-state index < -0.39 is 5.41 Å². The van der Waals surface area contributed by atoms with E-state index in [1.807, 2.05) is 24.3 Å². The molecule has 44 heavy (non-hydrogen) atoms. The van der Waals surface area contributed by atoms with Gasteiger partial charge in [0, 0.05) is 53.0 Å². The lowest BCUT2D eigenvalue weighted by atomic mass is 9.79. The fourth-order valence-corrected chi connectivity index (χ4v) is 8.29. The van der Waals surface area contributed by atoms with Gasteiger partial charge in [-0.15, -0.1) is 0 Å². The maximum absolute atomic E-state index is 13.2. The summed E-state index contributed by atoms with van der Waals surface area (Å²) in [4.78, 5) is 40.0. The molecule has 1 fully saturated rings. The SMILES string of the molecule is CC(=O)Nc1cccc2c1C(C)(CCN1CCCC1)CN2Cc1ccc2cc3c(cc2n1)CC1(C3)C(=O)Nc2ncccc21. The summed E-state index contributed by atoms with van der Waals surface area (Å²) in [6.45, 7) is 8.93. The summed E-state index contributed by atoms with van der Waals surface area (Å²) in [5.41, 5.74) is 8.04. The Morgan fingerprint density at radius 1 is 1.05 bits per heavy atom. The Labute approximate surface area is 257 Å². The number of pyridine rings is 2. The molecule has 2 unspecified atom stereocenters. The third kappa shape index (κ3) is 4.38. The predicted molar refractivity (Wildman–Crippen MR) is 173 cm³/mol. The van der Waals surface area contributed by atoms with E-state index >= 15 is 0 Å². The number of hydrogen-bond acceptors (Lipinski definition) is 6. The van der Waals surface area contributed by atoms with Gasteiger partial charge in [0.05, 0.1) is 23.2 Å². The number of carbonyl (C=O) groups excluding carboxylic acids is 2. The van der Waals surface area contributed by atoms with Crippen LogP contribution in [0, 0.1) is 0 Å². The highest BCUT2D eigenvalue weighted by Gasteiger charge is 2.51. The number of fused-ring (bicyclic) bond motifs is 5. The molecule has 4 aliphatic rings. The summed E-state index contributed by atoms with van der Waals surface area (Å²) in [6.07, 6.45) is 6.68. The van der Waals surface area contributed by atoms with E-state index in [2.05, 4.69) is 62.7 Å². The Balaban J connectivity index is 1.09. The Bertz CT molecular complexity index is 1830. The number of benzene rings is 2. The molecule has 4 aromatic rings. The minimum Gasteiger partial charge on any atom is -0.364 e. The Morgan fingerprint density at radius 2 is 1.86 bits per heavy atom. The van der Waals surface area contributed by atoms with Crippen LogP contribution in [-0.4, -0.2) is 52.9 Å². The summed E-state index contributed by atoms with van der Waals surface area (Å²) >= 11 is 0. The fourth-order valence-electron chi connectivity index (χ4n) is 8.29. The first-order valence-electron chi connectivity index (χ1n) is 15.9. The van der Waals surface area contributed by atoms with Crippen LogP contribution in [0.25, 0.3) is 10.9 Å². The third-order valence-corrected chi connectivity index (χ3v) is 10.4. The average molecular weight is 587 g/mol. The molecule has 2 aromatic heterocycles. The van der Waals surface area contributed by atoms with Crippen LogP contribution >= 0.6 is 0 Å². The molecule has 2 atom stereocenters. The molecule has 5 heterocycles. The van der Waals surface area contributed by atoms with E-state index in [1.165, 1.54) is 48.3 Å². The van der Waals surface area contributed by atoms with Crippen molar-refractivity contribution in [2.24, 2.45) is 0 Å². The first-order valence-corrected chi connectivity index (χ1v) is 15.9. The van der Waals surface area contributed by atoms with Gasteiger partial charge < -0.3 is 20.4 Å². The number of likely N-dealkylation sites (tertiary alicyclic amines) is 1. The standard InChI is InChI=1S/C36H38N6O2/c1-23(43)38-29-8-5-9-31-32(29)35(2,12-16-41-14-3-4-15-41)22-42(31)21-27-11-10-24-17-25-19-36(20-26(25)18-30(24)39-27)28-7-6-13-37-33(28)40-34(36)44/h5-11,13,17-18H,3-4,12,14-16,19-22H2,1-2H3,(H,38,43)(H,37,40,44). The van der Waals surface area contributed by atoms with Gasteiger partial charge >= 0.3 is 0 Å². The zero-order chi connectivity index (χ0) is 30.1. The van der Waals surface area contributed by atoms with Crippen LogP contribution in [0.2, 0.25) is 0 Å². The van der Waals surface area contributed by atoms with Gasteiger partial charge in [0.1, 0.15) is 5.82 Å². The topological polar surface area (TPSA) is 90.5 Å². The van der Waals surface area contributed by atoms with Gasteiger partial charge in [0.15, 0.2) is 0 Å². The number of anilines is 3. The highest BCUT2D eigenvalue weighted by atomic mass is 16.2. The molecule has 0 bridgehead atoms. The smallest absolute Gasteiger partial charge is 0.237 e. The van der Waals surface area contributed by atoms with E-state index in [-0.39, 0.29) is 17.2 Å². The largest absolute Gasteiger partial charge is 0.364 e. The fraction of sp³-hybridized carbons (Fsp3) is 0.389. The van der Waals surface area contributed by atoms with Crippen LogP contribution in [0.4, 0.5) is 17.2 Å². The Kier molecular flexibility index (Phi) is 6.27. The zero-order valence-electron chi connectivity index (χ0n) is 25.4. The predicted octanol–water partition coefficient (Wildman–Crippen LogP) is 5.34. The van der Waals surface area contributed by atoms with E-state index in [9.17, 15) is 9.59 Å². The third-order valence-electron chi connectivity index (χ3n) is 10.4. The molecular weight excluding hydrogens is 548 g/mol. The van der Waals surface area contributed by atoms with Crippen molar-refractivity contribution in [3.05, 3.63) is 88.7 Å². The number of hydrogen-bond donors (Lipinski definition) is 2. The quantitative estimate of drug-likeness (QED) is 0.317. The summed E-state index contributed by atoms with van der Waals surface area (Å²) in [7, 11) is 0. The minimum absolute atomic E-state index is 0.0409. The Hall–Kier alpha value is -4.30. The highest BCUT2D eigenvalue weighted by Crippen LogP contribution is 2.49. The molecule has 8 heteroatoms. The lowest BCUT2D eigenvalue weighted by Crippen LogP contribution is -2.35. The van der Waals surface area contributed by atoms with Crippen molar-refractivity contribution >= 4 is 39.9 Å².